The first-order valence-corrected chi connectivity index (χ1v) is 6.09. The van der Waals surface area contributed by atoms with Gasteiger partial charge in [0.2, 0.25) is 0 Å². The van der Waals surface area contributed by atoms with Crippen molar-refractivity contribution in [1.82, 2.24) is 4.98 Å². The highest BCUT2D eigenvalue weighted by Crippen LogP contribution is 2.34. The Balaban J connectivity index is 2.00. The zero-order valence-corrected chi connectivity index (χ0v) is 10.3. The summed E-state index contributed by atoms with van der Waals surface area (Å²) in [5, 5.41) is 11.7. The van der Waals surface area contributed by atoms with E-state index in [1.807, 2.05) is 18.2 Å². The van der Waals surface area contributed by atoms with Crippen molar-refractivity contribution in [2.24, 2.45) is 10.9 Å². The third-order valence-corrected chi connectivity index (χ3v) is 3.31. The summed E-state index contributed by atoms with van der Waals surface area (Å²) in [6.45, 7) is 0.930. The molecule has 0 radical (unpaired) electrons. The molecular formula is C14H14N4O. The Morgan fingerprint density at radius 1 is 1.32 bits per heavy atom. The van der Waals surface area contributed by atoms with E-state index in [1.165, 1.54) is 11.3 Å². The largest absolute Gasteiger partial charge is 0.409 e. The number of nitrogens with zero attached hydrogens (tertiary/aromatic N) is 3. The topological polar surface area (TPSA) is 74.7 Å². The highest BCUT2D eigenvalue weighted by molar-refractivity contribution is 5.96. The number of amidine groups is 1. The lowest BCUT2D eigenvalue weighted by Crippen LogP contribution is -2.18. The van der Waals surface area contributed by atoms with E-state index in [0.29, 0.717) is 5.69 Å². The first kappa shape index (κ1) is 11.5. The van der Waals surface area contributed by atoms with Crippen molar-refractivity contribution >= 4 is 17.2 Å². The molecule has 19 heavy (non-hydrogen) atoms. The number of oxime groups is 1. The Labute approximate surface area is 111 Å². The van der Waals surface area contributed by atoms with Gasteiger partial charge in [0.1, 0.15) is 5.69 Å². The van der Waals surface area contributed by atoms with Crippen LogP contribution < -0.4 is 10.6 Å². The van der Waals surface area contributed by atoms with Gasteiger partial charge < -0.3 is 15.8 Å². The van der Waals surface area contributed by atoms with Crippen LogP contribution in [0.3, 0.4) is 0 Å². The standard InChI is InChI=1S/C14H14N4O/c15-14(17-19)12-9-11(5-7-16-12)18-8-6-10-3-1-2-4-13(10)18/h1-5,7,9,19H,6,8H2,(H2,15,17). The molecule has 5 nitrogen and oxygen atoms in total. The maximum atomic E-state index is 8.71. The number of benzene rings is 1. The number of aromatic nitrogens is 1. The second-order valence-corrected chi connectivity index (χ2v) is 4.41. The van der Waals surface area contributed by atoms with E-state index in [2.05, 4.69) is 33.2 Å². The zero-order chi connectivity index (χ0) is 13.2. The van der Waals surface area contributed by atoms with Gasteiger partial charge in [-0.25, -0.2) is 0 Å². The van der Waals surface area contributed by atoms with Crippen LogP contribution in [0.5, 0.6) is 0 Å². The van der Waals surface area contributed by atoms with Crippen molar-refractivity contribution < 1.29 is 5.21 Å². The van der Waals surface area contributed by atoms with Gasteiger partial charge in [-0.2, -0.15) is 0 Å². The summed E-state index contributed by atoms with van der Waals surface area (Å²) in [5.41, 5.74) is 9.60. The molecule has 1 aliphatic heterocycles. The summed E-state index contributed by atoms with van der Waals surface area (Å²) in [4.78, 5) is 6.31. The van der Waals surface area contributed by atoms with Gasteiger partial charge in [-0.3, -0.25) is 4.98 Å². The van der Waals surface area contributed by atoms with Gasteiger partial charge in [0.25, 0.3) is 0 Å². The molecule has 0 amide bonds. The molecule has 2 heterocycles. The molecule has 5 heteroatoms. The van der Waals surface area contributed by atoms with Crippen LogP contribution in [0.1, 0.15) is 11.3 Å². The average molecular weight is 254 g/mol. The summed E-state index contributed by atoms with van der Waals surface area (Å²) in [6, 6.07) is 12.1. The van der Waals surface area contributed by atoms with Gasteiger partial charge in [0.15, 0.2) is 5.84 Å². The summed E-state index contributed by atoms with van der Waals surface area (Å²) in [6.07, 6.45) is 2.70. The predicted molar refractivity (Wildman–Crippen MR) is 73.9 cm³/mol. The molecule has 1 aromatic carbocycles. The normalized spacial score (nSPS) is 14.5. The van der Waals surface area contributed by atoms with Crippen molar-refractivity contribution in [3.8, 4) is 0 Å². The lowest BCUT2D eigenvalue weighted by atomic mass is 10.2. The maximum absolute atomic E-state index is 8.71. The number of hydrogen-bond donors (Lipinski definition) is 2. The van der Waals surface area contributed by atoms with Crippen LogP contribution in [0.15, 0.2) is 47.8 Å². The molecule has 1 aromatic heterocycles. The lowest BCUT2D eigenvalue weighted by Gasteiger charge is -2.19. The molecule has 0 spiro atoms. The Hall–Kier alpha value is -2.56. The number of anilines is 2. The first-order valence-electron chi connectivity index (χ1n) is 6.09. The first-order chi connectivity index (χ1) is 9.29. The van der Waals surface area contributed by atoms with Gasteiger partial charge >= 0.3 is 0 Å². The number of fused-ring (bicyclic) bond motifs is 1. The van der Waals surface area contributed by atoms with Crippen LogP contribution >= 0.6 is 0 Å². The minimum absolute atomic E-state index is 0.0225. The number of hydrogen-bond acceptors (Lipinski definition) is 4. The monoisotopic (exact) mass is 254 g/mol. The van der Waals surface area contributed by atoms with Crippen molar-refractivity contribution in [1.29, 1.82) is 0 Å². The third kappa shape index (κ3) is 1.99. The van der Waals surface area contributed by atoms with Crippen LogP contribution in [0.2, 0.25) is 0 Å². The number of para-hydroxylation sites is 1. The predicted octanol–water partition coefficient (Wildman–Crippen LogP) is 1.87. The Kier molecular flexibility index (Phi) is 2.79. The van der Waals surface area contributed by atoms with E-state index in [1.54, 1.807) is 6.20 Å². The molecule has 0 aliphatic carbocycles. The van der Waals surface area contributed by atoms with E-state index in [4.69, 9.17) is 10.9 Å². The van der Waals surface area contributed by atoms with E-state index in [0.717, 1.165) is 18.7 Å². The van der Waals surface area contributed by atoms with Crippen molar-refractivity contribution in [2.45, 2.75) is 6.42 Å². The van der Waals surface area contributed by atoms with Gasteiger partial charge in [0.05, 0.1) is 0 Å². The highest BCUT2D eigenvalue weighted by Gasteiger charge is 2.20. The molecule has 0 saturated heterocycles. The second kappa shape index (κ2) is 4.61. The molecule has 96 valence electrons. The number of nitrogens with two attached hydrogens (primary N) is 1. The molecule has 3 N–H and O–H groups in total. The fraction of sp³-hybridized carbons (Fsp3) is 0.143. The van der Waals surface area contributed by atoms with E-state index >= 15 is 0 Å². The number of rotatable bonds is 2. The highest BCUT2D eigenvalue weighted by atomic mass is 16.4. The maximum Gasteiger partial charge on any atom is 0.188 e. The molecule has 1 aliphatic rings. The smallest absolute Gasteiger partial charge is 0.188 e. The molecule has 0 bridgehead atoms. The quantitative estimate of drug-likeness (QED) is 0.371. The Bertz CT molecular complexity index is 639. The minimum atomic E-state index is 0.0225. The van der Waals surface area contributed by atoms with Gasteiger partial charge in [-0.05, 0) is 30.2 Å². The zero-order valence-electron chi connectivity index (χ0n) is 10.3. The molecule has 0 fully saturated rings. The van der Waals surface area contributed by atoms with Crippen LogP contribution in [0, 0.1) is 0 Å². The summed E-state index contributed by atoms with van der Waals surface area (Å²) >= 11 is 0. The van der Waals surface area contributed by atoms with Crippen LogP contribution in [0.4, 0.5) is 11.4 Å². The molecule has 0 atom stereocenters. The molecule has 3 rings (SSSR count). The van der Waals surface area contributed by atoms with Crippen LogP contribution in [-0.4, -0.2) is 22.6 Å². The SMILES string of the molecule is NC(=NO)c1cc(N2CCc3ccccc32)ccn1. The van der Waals surface area contributed by atoms with Crippen LogP contribution in [-0.2, 0) is 6.42 Å². The molecule has 0 unspecified atom stereocenters. The van der Waals surface area contributed by atoms with E-state index in [9.17, 15) is 0 Å². The fourth-order valence-corrected chi connectivity index (χ4v) is 2.39. The molecular weight excluding hydrogens is 240 g/mol. The second-order valence-electron chi connectivity index (χ2n) is 4.41. The van der Waals surface area contributed by atoms with Crippen molar-refractivity contribution in [3.63, 3.8) is 0 Å². The van der Waals surface area contributed by atoms with Gasteiger partial charge in [-0.15, -0.1) is 0 Å². The Morgan fingerprint density at radius 2 is 2.16 bits per heavy atom. The average Bonchev–Trinajstić information content (AvgIpc) is 2.90. The fourth-order valence-electron chi connectivity index (χ4n) is 2.39. The summed E-state index contributed by atoms with van der Waals surface area (Å²) in [5.74, 6) is 0.0225. The van der Waals surface area contributed by atoms with E-state index < -0.39 is 0 Å². The van der Waals surface area contributed by atoms with Crippen molar-refractivity contribution in [2.75, 3.05) is 11.4 Å². The molecule has 0 saturated carbocycles. The lowest BCUT2D eigenvalue weighted by molar-refractivity contribution is 0.318. The van der Waals surface area contributed by atoms with E-state index in [-0.39, 0.29) is 5.84 Å². The van der Waals surface area contributed by atoms with Gasteiger partial charge in [0, 0.05) is 24.1 Å². The molecule has 2 aromatic rings. The third-order valence-electron chi connectivity index (χ3n) is 3.31. The summed E-state index contributed by atoms with van der Waals surface area (Å²) in [7, 11) is 0. The van der Waals surface area contributed by atoms with Crippen LogP contribution in [0.25, 0.3) is 0 Å². The Morgan fingerprint density at radius 3 is 3.00 bits per heavy atom. The minimum Gasteiger partial charge on any atom is -0.409 e. The summed E-state index contributed by atoms with van der Waals surface area (Å²) < 4.78 is 0. The number of pyridine rings is 1. The van der Waals surface area contributed by atoms with Gasteiger partial charge in [-0.1, -0.05) is 23.4 Å². The van der Waals surface area contributed by atoms with Crippen molar-refractivity contribution in [3.05, 3.63) is 53.9 Å².